The first-order valence-corrected chi connectivity index (χ1v) is 9.71. The summed E-state index contributed by atoms with van der Waals surface area (Å²) in [5.41, 5.74) is 1.42. The molecule has 0 spiro atoms. The van der Waals surface area contributed by atoms with Gasteiger partial charge in [-0.2, -0.15) is 18.4 Å². The molecule has 0 heterocycles. The Morgan fingerprint density at radius 1 is 0.963 bits per heavy atom. The van der Waals surface area contributed by atoms with E-state index in [4.69, 9.17) is 9.47 Å². The van der Waals surface area contributed by atoms with Gasteiger partial charge >= 0.3 is 0 Å². The first-order valence-electron chi connectivity index (χ1n) is 8.22. The predicted octanol–water partition coefficient (Wildman–Crippen LogP) is 3.56. The average Bonchev–Trinajstić information content (AvgIpc) is 2.71. The standard InChI is InChI=1S/C20H20N2O4S/c1-14(17-10-6-8-15-7-4-5-9-18(15)17)21-22-27(23,24)20-12-11-16(25-2)13-19(20)26-3/h4-13,22H,1-3H3/b21-14+. The van der Waals surface area contributed by atoms with Gasteiger partial charge in [-0.3, -0.25) is 0 Å². The fourth-order valence-corrected chi connectivity index (χ4v) is 3.79. The molecule has 0 aliphatic carbocycles. The first kappa shape index (κ1) is 18.7. The third-order valence-corrected chi connectivity index (χ3v) is 5.42. The van der Waals surface area contributed by atoms with E-state index >= 15 is 0 Å². The predicted molar refractivity (Wildman–Crippen MR) is 106 cm³/mol. The molecule has 0 aromatic heterocycles. The number of hydrogen-bond donors (Lipinski definition) is 1. The van der Waals surface area contributed by atoms with Gasteiger partial charge in [0.05, 0.1) is 19.9 Å². The molecular formula is C20H20N2O4S. The normalized spacial score (nSPS) is 12.0. The lowest BCUT2D eigenvalue weighted by Gasteiger charge is -2.11. The van der Waals surface area contributed by atoms with Gasteiger partial charge in [-0.1, -0.05) is 42.5 Å². The molecule has 6 nitrogen and oxygen atoms in total. The summed E-state index contributed by atoms with van der Waals surface area (Å²) in [7, 11) is -1.00. The Bertz CT molecular complexity index is 1100. The van der Waals surface area contributed by atoms with Crippen LogP contribution in [0, 0.1) is 0 Å². The van der Waals surface area contributed by atoms with Crippen LogP contribution in [0.3, 0.4) is 0 Å². The second-order valence-electron chi connectivity index (χ2n) is 5.84. The van der Waals surface area contributed by atoms with Crippen molar-refractivity contribution in [2.75, 3.05) is 14.2 Å². The Morgan fingerprint density at radius 2 is 1.70 bits per heavy atom. The van der Waals surface area contributed by atoms with E-state index in [9.17, 15) is 8.42 Å². The number of hydrogen-bond acceptors (Lipinski definition) is 5. The molecule has 140 valence electrons. The number of nitrogens with zero attached hydrogens (tertiary/aromatic N) is 1. The molecule has 3 aromatic rings. The van der Waals surface area contributed by atoms with Crippen molar-refractivity contribution in [2.45, 2.75) is 11.8 Å². The largest absolute Gasteiger partial charge is 0.497 e. The molecule has 3 rings (SSSR count). The van der Waals surface area contributed by atoms with Crippen LogP contribution in [0.2, 0.25) is 0 Å². The van der Waals surface area contributed by atoms with Gasteiger partial charge in [0.15, 0.2) is 0 Å². The Hall–Kier alpha value is -3.06. The second-order valence-corrected chi connectivity index (χ2v) is 7.46. The zero-order valence-electron chi connectivity index (χ0n) is 15.3. The highest BCUT2D eigenvalue weighted by molar-refractivity contribution is 7.89. The van der Waals surface area contributed by atoms with Crippen molar-refractivity contribution < 1.29 is 17.9 Å². The highest BCUT2D eigenvalue weighted by Gasteiger charge is 2.20. The number of fused-ring (bicyclic) bond motifs is 1. The first-order chi connectivity index (χ1) is 13.0. The van der Waals surface area contributed by atoms with Crippen LogP contribution < -0.4 is 14.3 Å². The van der Waals surface area contributed by atoms with E-state index in [1.165, 1.54) is 26.4 Å². The molecular weight excluding hydrogens is 364 g/mol. The Balaban J connectivity index is 1.94. The van der Waals surface area contributed by atoms with Crippen LogP contribution in [-0.2, 0) is 10.0 Å². The van der Waals surface area contributed by atoms with Gasteiger partial charge in [-0.15, -0.1) is 0 Å². The number of ether oxygens (including phenoxy) is 2. The molecule has 0 bridgehead atoms. The fourth-order valence-electron chi connectivity index (χ4n) is 2.78. The van der Waals surface area contributed by atoms with Crippen molar-refractivity contribution >= 4 is 26.5 Å². The minimum atomic E-state index is -3.90. The summed E-state index contributed by atoms with van der Waals surface area (Å²) in [5.74, 6) is 0.682. The van der Waals surface area contributed by atoms with Gasteiger partial charge in [0.1, 0.15) is 16.4 Å². The molecule has 0 aliphatic heterocycles. The van der Waals surface area contributed by atoms with Crippen molar-refractivity contribution in [1.29, 1.82) is 0 Å². The topological polar surface area (TPSA) is 77.0 Å². The molecule has 0 amide bonds. The fraction of sp³-hybridized carbons (Fsp3) is 0.150. The smallest absolute Gasteiger partial charge is 0.280 e. The highest BCUT2D eigenvalue weighted by atomic mass is 32.2. The van der Waals surface area contributed by atoms with Crippen molar-refractivity contribution in [3.63, 3.8) is 0 Å². The summed E-state index contributed by atoms with van der Waals surface area (Å²) in [6, 6.07) is 18.2. The summed E-state index contributed by atoms with van der Waals surface area (Å²) in [4.78, 5) is 2.28. The van der Waals surface area contributed by atoms with Crippen LogP contribution in [0.25, 0.3) is 10.8 Å². The minimum absolute atomic E-state index is 0.0136. The van der Waals surface area contributed by atoms with Gasteiger partial charge in [-0.05, 0) is 29.8 Å². The Morgan fingerprint density at radius 3 is 2.44 bits per heavy atom. The number of benzene rings is 3. The van der Waals surface area contributed by atoms with Gasteiger partial charge in [-0.25, -0.2) is 0 Å². The second kappa shape index (κ2) is 7.67. The quantitative estimate of drug-likeness (QED) is 0.521. The maximum absolute atomic E-state index is 12.7. The van der Waals surface area contributed by atoms with Gasteiger partial charge in [0.2, 0.25) is 0 Å². The van der Waals surface area contributed by atoms with E-state index in [0.717, 1.165) is 16.3 Å². The third kappa shape index (κ3) is 3.88. The van der Waals surface area contributed by atoms with Crippen molar-refractivity contribution in [3.8, 4) is 11.5 Å². The SMILES string of the molecule is COc1ccc(S(=O)(=O)N/N=C(\C)c2cccc3ccccc23)c(OC)c1. The van der Waals surface area contributed by atoms with E-state index in [0.29, 0.717) is 11.5 Å². The van der Waals surface area contributed by atoms with Crippen LogP contribution in [0.5, 0.6) is 11.5 Å². The number of methoxy groups -OCH3 is 2. The summed E-state index contributed by atoms with van der Waals surface area (Å²) in [5, 5.41) is 6.16. The molecule has 3 aromatic carbocycles. The van der Waals surface area contributed by atoms with Crippen LogP contribution in [0.15, 0.2) is 70.7 Å². The summed E-state index contributed by atoms with van der Waals surface area (Å²) in [6.45, 7) is 1.76. The average molecular weight is 384 g/mol. The summed E-state index contributed by atoms with van der Waals surface area (Å²) < 4.78 is 35.6. The van der Waals surface area contributed by atoms with Crippen molar-refractivity contribution in [1.82, 2.24) is 4.83 Å². The lowest BCUT2D eigenvalue weighted by atomic mass is 10.0. The number of hydrazone groups is 1. The van der Waals surface area contributed by atoms with Crippen molar-refractivity contribution in [3.05, 3.63) is 66.2 Å². The molecule has 0 saturated carbocycles. The van der Waals surface area contributed by atoms with Gasteiger partial charge in [0.25, 0.3) is 10.0 Å². The third-order valence-electron chi connectivity index (χ3n) is 4.17. The molecule has 0 atom stereocenters. The zero-order chi connectivity index (χ0) is 19.4. The highest BCUT2D eigenvalue weighted by Crippen LogP contribution is 2.28. The molecule has 0 unspecified atom stereocenters. The molecule has 1 N–H and O–H groups in total. The van der Waals surface area contributed by atoms with Gasteiger partial charge in [0, 0.05) is 11.6 Å². The zero-order valence-corrected chi connectivity index (χ0v) is 16.1. The van der Waals surface area contributed by atoms with Crippen LogP contribution in [0.4, 0.5) is 0 Å². The molecule has 27 heavy (non-hydrogen) atoms. The minimum Gasteiger partial charge on any atom is -0.497 e. The van der Waals surface area contributed by atoms with E-state index < -0.39 is 10.0 Å². The number of nitrogens with one attached hydrogen (secondary N) is 1. The van der Waals surface area contributed by atoms with E-state index in [1.54, 1.807) is 13.0 Å². The Kier molecular flexibility index (Phi) is 5.32. The van der Waals surface area contributed by atoms with Crippen LogP contribution >= 0.6 is 0 Å². The van der Waals surface area contributed by atoms with E-state index in [1.807, 2.05) is 42.5 Å². The van der Waals surface area contributed by atoms with Crippen molar-refractivity contribution in [2.24, 2.45) is 5.10 Å². The lowest BCUT2D eigenvalue weighted by molar-refractivity contribution is 0.386. The van der Waals surface area contributed by atoms with Crippen LogP contribution in [0.1, 0.15) is 12.5 Å². The summed E-state index contributed by atoms with van der Waals surface area (Å²) >= 11 is 0. The van der Waals surface area contributed by atoms with Gasteiger partial charge < -0.3 is 9.47 Å². The molecule has 0 saturated heterocycles. The maximum Gasteiger partial charge on any atom is 0.280 e. The molecule has 0 radical (unpaired) electrons. The van der Waals surface area contributed by atoms with Crippen LogP contribution in [-0.4, -0.2) is 28.3 Å². The molecule has 7 heteroatoms. The van der Waals surface area contributed by atoms with E-state index in [-0.39, 0.29) is 10.6 Å². The number of rotatable bonds is 6. The molecule has 0 fully saturated rings. The van der Waals surface area contributed by atoms with E-state index in [2.05, 4.69) is 9.93 Å². The molecule has 0 aliphatic rings. The summed E-state index contributed by atoms with van der Waals surface area (Å²) in [6.07, 6.45) is 0. The monoisotopic (exact) mass is 384 g/mol. The Labute approximate surface area is 158 Å². The number of sulfonamides is 1. The lowest BCUT2D eigenvalue weighted by Crippen LogP contribution is -2.20. The maximum atomic E-state index is 12.7.